The molecule has 18 heavy (non-hydrogen) atoms. The summed E-state index contributed by atoms with van der Waals surface area (Å²) < 4.78 is 43.6. The van der Waals surface area contributed by atoms with Crippen molar-refractivity contribution in [2.45, 2.75) is 13.1 Å². The lowest BCUT2D eigenvalue weighted by Crippen LogP contribution is -2.11. The van der Waals surface area contributed by atoms with Crippen molar-refractivity contribution in [2.24, 2.45) is 0 Å². The van der Waals surface area contributed by atoms with Gasteiger partial charge < -0.3 is 9.84 Å². The third-order valence-electron chi connectivity index (χ3n) is 2.36. The molecule has 0 heterocycles. The van der Waals surface area contributed by atoms with E-state index in [0.29, 0.717) is 6.08 Å². The van der Waals surface area contributed by atoms with E-state index in [0.717, 1.165) is 6.08 Å². The third kappa shape index (κ3) is 3.03. The first kappa shape index (κ1) is 14.1. The summed E-state index contributed by atoms with van der Waals surface area (Å²) in [5.41, 5.74) is -1.17. The molecule has 0 aliphatic heterocycles. The molecule has 0 radical (unpaired) electrons. The molecule has 0 atom stereocenters. The van der Waals surface area contributed by atoms with Crippen molar-refractivity contribution in [3.8, 4) is 5.75 Å². The predicted octanol–water partition coefficient (Wildman–Crippen LogP) is 3.12. The number of hydrogen-bond acceptors (Lipinski definition) is 2. The van der Waals surface area contributed by atoms with E-state index in [1.807, 2.05) is 0 Å². The monoisotopic (exact) mass is 260 g/mol. The van der Waals surface area contributed by atoms with Gasteiger partial charge in [-0.25, -0.2) is 4.79 Å². The summed E-state index contributed by atoms with van der Waals surface area (Å²) in [6.45, 7) is 1.28. The molecular formula is C12H11F3O3. The Hall–Kier alpha value is -1.98. The molecule has 0 bridgehead atoms. The van der Waals surface area contributed by atoms with Crippen LogP contribution in [0.25, 0.3) is 6.08 Å². The number of ether oxygens (including phenoxy) is 1. The van der Waals surface area contributed by atoms with Crippen LogP contribution in [0, 0.1) is 6.92 Å². The van der Waals surface area contributed by atoms with Crippen LogP contribution in [0.1, 0.15) is 16.7 Å². The molecule has 0 fully saturated rings. The Morgan fingerprint density at radius 1 is 1.39 bits per heavy atom. The number of carboxylic acid groups (broad SMARTS) is 1. The summed E-state index contributed by atoms with van der Waals surface area (Å²) in [6, 6.07) is 2.54. The van der Waals surface area contributed by atoms with E-state index in [4.69, 9.17) is 9.84 Å². The topological polar surface area (TPSA) is 46.5 Å². The molecule has 0 saturated carbocycles. The van der Waals surface area contributed by atoms with Crippen LogP contribution >= 0.6 is 0 Å². The Labute approximate surface area is 101 Å². The minimum atomic E-state index is -4.57. The molecule has 1 N–H and O–H groups in total. The molecule has 1 rings (SSSR count). The number of aliphatic carboxylic acids is 1. The quantitative estimate of drug-likeness (QED) is 0.849. The highest BCUT2D eigenvalue weighted by atomic mass is 19.4. The van der Waals surface area contributed by atoms with Gasteiger partial charge in [-0.2, -0.15) is 13.2 Å². The Morgan fingerprint density at radius 2 is 2.00 bits per heavy atom. The second-order valence-corrected chi connectivity index (χ2v) is 3.53. The maximum Gasteiger partial charge on any atom is 0.417 e. The van der Waals surface area contributed by atoms with Gasteiger partial charge in [-0.3, -0.25) is 0 Å². The zero-order valence-corrected chi connectivity index (χ0v) is 9.71. The first-order valence-corrected chi connectivity index (χ1v) is 4.93. The number of hydrogen-bond donors (Lipinski definition) is 1. The van der Waals surface area contributed by atoms with Gasteiger partial charge in [0.15, 0.2) is 0 Å². The van der Waals surface area contributed by atoms with Crippen LogP contribution in [-0.2, 0) is 11.0 Å². The Balaban J connectivity index is 3.44. The van der Waals surface area contributed by atoms with E-state index in [1.54, 1.807) is 0 Å². The summed E-state index contributed by atoms with van der Waals surface area (Å²) >= 11 is 0. The fourth-order valence-corrected chi connectivity index (χ4v) is 1.61. The van der Waals surface area contributed by atoms with E-state index in [2.05, 4.69) is 0 Å². The van der Waals surface area contributed by atoms with Crippen LogP contribution in [0.15, 0.2) is 18.2 Å². The molecule has 1 aromatic carbocycles. The third-order valence-corrected chi connectivity index (χ3v) is 2.36. The van der Waals surface area contributed by atoms with E-state index in [9.17, 15) is 18.0 Å². The van der Waals surface area contributed by atoms with Gasteiger partial charge >= 0.3 is 12.1 Å². The lowest BCUT2D eigenvalue weighted by molar-refractivity contribution is -0.138. The molecule has 0 aromatic heterocycles. The number of halogens is 3. The molecule has 0 unspecified atom stereocenters. The van der Waals surface area contributed by atoms with Crippen LogP contribution in [0.2, 0.25) is 0 Å². The number of alkyl halides is 3. The molecular weight excluding hydrogens is 249 g/mol. The van der Waals surface area contributed by atoms with Crippen molar-refractivity contribution >= 4 is 12.0 Å². The summed E-state index contributed by atoms with van der Waals surface area (Å²) in [5.74, 6) is -1.20. The van der Waals surface area contributed by atoms with Gasteiger partial charge in [-0.1, -0.05) is 6.07 Å². The summed E-state index contributed by atoms with van der Waals surface area (Å²) in [4.78, 5) is 10.3. The average Bonchev–Trinajstić information content (AvgIpc) is 2.24. The number of rotatable bonds is 3. The normalized spacial score (nSPS) is 11.8. The predicted molar refractivity (Wildman–Crippen MR) is 59.4 cm³/mol. The molecule has 0 spiro atoms. The number of benzene rings is 1. The number of methoxy groups -OCH3 is 1. The molecule has 0 aliphatic carbocycles. The first-order chi connectivity index (χ1) is 8.27. The highest BCUT2D eigenvalue weighted by Crippen LogP contribution is 2.38. The maximum absolute atomic E-state index is 12.9. The van der Waals surface area contributed by atoms with Gasteiger partial charge in [-0.05, 0) is 24.6 Å². The molecule has 0 aliphatic rings. The highest BCUT2D eigenvalue weighted by molar-refractivity contribution is 5.85. The molecule has 6 heteroatoms. The van der Waals surface area contributed by atoms with Crippen molar-refractivity contribution in [2.75, 3.05) is 7.11 Å². The van der Waals surface area contributed by atoms with Crippen molar-refractivity contribution in [3.05, 3.63) is 34.9 Å². The van der Waals surface area contributed by atoms with Crippen LogP contribution in [0.4, 0.5) is 13.2 Å². The van der Waals surface area contributed by atoms with Gasteiger partial charge in [-0.15, -0.1) is 0 Å². The number of carboxylic acids is 1. The average molecular weight is 260 g/mol. The smallest absolute Gasteiger partial charge is 0.417 e. The summed E-state index contributed by atoms with van der Waals surface area (Å²) in [6.07, 6.45) is -3.00. The molecule has 0 amide bonds. The Bertz CT molecular complexity index is 490. The molecule has 3 nitrogen and oxygen atoms in total. The van der Waals surface area contributed by atoms with Crippen molar-refractivity contribution in [1.29, 1.82) is 0 Å². The second kappa shape index (κ2) is 5.12. The molecule has 98 valence electrons. The Kier molecular flexibility index (Phi) is 4.00. The first-order valence-electron chi connectivity index (χ1n) is 4.93. The zero-order chi connectivity index (χ0) is 13.9. The lowest BCUT2D eigenvalue weighted by atomic mass is 10.00. The van der Waals surface area contributed by atoms with Crippen molar-refractivity contribution in [3.63, 3.8) is 0 Å². The van der Waals surface area contributed by atoms with Crippen LogP contribution in [0.5, 0.6) is 5.75 Å². The van der Waals surface area contributed by atoms with Gasteiger partial charge in [0.1, 0.15) is 5.75 Å². The fraction of sp³-hybridized carbons (Fsp3) is 0.250. The molecule has 0 saturated heterocycles. The van der Waals surface area contributed by atoms with E-state index in [1.165, 1.54) is 26.2 Å². The minimum absolute atomic E-state index is 0.0717. The van der Waals surface area contributed by atoms with E-state index >= 15 is 0 Å². The minimum Gasteiger partial charge on any atom is -0.496 e. The SMILES string of the molecule is COc1ccc(C=CC(=O)O)c(C(F)(F)F)c1C. The van der Waals surface area contributed by atoms with Crippen molar-refractivity contribution < 1.29 is 27.8 Å². The molecule has 1 aromatic rings. The standard InChI is InChI=1S/C12H11F3O3/c1-7-9(18-2)5-3-8(4-6-10(16)17)11(7)12(13,14)15/h3-6H,1-2H3,(H,16,17). The summed E-state index contributed by atoms with van der Waals surface area (Å²) in [7, 11) is 1.27. The second-order valence-electron chi connectivity index (χ2n) is 3.53. The van der Waals surface area contributed by atoms with E-state index < -0.39 is 17.7 Å². The largest absolute Gasteiger partial charge is 0.496 e. The van der Waals surface area contributed by atoms with E-state index in [-0.39, 0.29) is 16.9 Å². The van der Waals surface area contributed by atoms with Crippen molar-refractivity contribution in [1.82, 2.24) is 0 Å². The van der Waals surface area contributed by atoms with Crippen LogP contribution in [-0.4, -0.2) is 18.2 Å². The van der Waals surface area contributed by atoms with Gasteiger partial charge in [0.25, 0.3) is 0 Å². The number of carbonyl (C=O) groups is 1. The zero-order valence-electron chi connectivity index (χ0n) is 9.71. The summed E-state index contributed by atoms with van der Waals surface area (Å²) in [5, 5.41) is 8.45. The maximum atomic E-state index is 12.9. The Morgan fingerprint density at radius 3 is 2.44 bits per heavy atom. The van der Waals surface area contributed by atoms with Crippen LogP contribution in [0.3, 0.4) is 0 Å². The van der Waals surface area contributed by atoms with Gasteiger partial charge in [0, 0.05) is 11.6 Å². The van der Waals surface area contributed by atoms with Crippen LogP contribution < -0.4 is 4.74 Å². The van der Waals surface area contributed by atoms with Gasteiger partial charge in [0.05, 0.1) is 12.7 Å². The fourth-order valence-electron chi connectivity index (χ4n) is 1.61. The lowest BCUT2D eigenvalue weighted by Gasteiger charge is -2.16. The van der Waals surface area contributed by atoms with Gasteiger partial charge in [0.2, 0.25) is 0 Å². The highest BCUT2D eigenvalue weighted by Gasteiger charge is 2.35.